The van der Waals surface area contributed by atoms with Crippen LogP contribution in [0.4, 0.5) is 0 Å². The molecule has 1 saturated heterocycles. The number of imide groups is 1. The molecule has 1 aliphatic rings. The van der Waals surface area contributed by atoms with Crippen LogP contribution in [-0.4, -0.2) is 34.5 Å². The number of rotatable bonds is 1. The Morgan fingerprint density at radius 2 is 2.30 bits per heavy atom. The molecule has 1 heterocycles. The van der Waals surface area contributed by atoms with Crippen LogP contribution in [0.2, 0.25) is 0 Å². The molecular weight excluding hydrogens is 134 g/mol. The van der Waals surface area contributed by atoms with E-state index in [-0.39, 0.29) is 12.3 Å². The molecule has 1 unspecified atom stereocenters. The first-order valence-electron chi connectivity index (χ1n) is 3.19. The Morgan fingerprint density at radius 3 is 2.50 bits per heavy atom. The molecule has 0 aromatic rings. The number of hydrogen-bond donors (Lipinski definition) is 1. The maximum Gasteiger partial charge on any atom is 0.258 e. The highest BCUT2D eigenvalue weighted by Gasteiger charge is 2.35. The Labute approximate surface area is 58.4 Å². The number of nitrogens with zero attached hydrogens (tertiary/aromatic N) is 1. The number of aliphatic hydroxyl groups excluding tert-OH is 1. The van der Waals surface area contributed by atoms with Crippen molar-refractivity contribution in [1.82, 2.24) is 4.90 Å². The number of likely N-dealkylation sites (N-methyl/N-ethyl adjacent to an activating group) is 1. The summed E-state index contributed by atoms with van der Waals surface area (Å²) in [6.45, 7) is 2.06. The van der Waals surface area contributed by atoms with Gasteiger partial charge in [0.05, 0.1) is 6.42 Å². The van der Waals surface area contributed by atoms with Crippen LogP contribution in [0.15, 0.2) is 0 Å². The average molecular weight is 143 g/mol. The van der Waals surface area contributed by atoms with E-state index in [4.69, 9.17) is 5.11 Å². The third-order valence-corrected chi connectivity index (χ3v) is 1.54. The molecule has 0 spiro atoms. The predicted molar refractivity (Wildman–Crippen MR) is 33.0 cm³/mol. The third-order valence-electron chi connectivity index (χ3n) is 1.54. The smallest absolute Gasteiger partial charge is 0.258 e. The lowest BCUT2D eigenvalue weighted by molar-refractivity contribution is -0.140. The van der Waals surface area contributed by atoms with Gasteiger partial charge in [0.25, 0.3) is 5.91 Å². The zero-order valence-corrected chi connectivity index (χ0v) is 5.70. The third kappa shape index (κ3) is 0.903. The molecule has 0 aliphatic carbocycles. The quantitative estimate of drug-likeness (QED) is 0.485. The summed E-state index contributed by atoms with van der Waals surface area (Å²) in [4.78, 5) is 22.6. The second-order valence-corrected chi connectivity index (χ2v) is 2.20. The van der Waals surface area contributed by atoms with Gasteiger partial charge in [0.1, 0.15) is 6.10 Å². The van der Waals surface area contributed by atoms with Crippen molar-refractivity contribution in [3.05, 3.63) is 0 Å². The van der Waals surface area contributed by atoms with Crippen LogP contribution in [0.25, 0.3) is 0 Å². The van der Waals surface area contributed by atoms with E-state index in [1.54, 1.807) is 6.92 Å². The van der Waals surface area contributed by atoms with E-state index >= 15 is 0 Å². The molecule has 1 atom stereocenters. The fourth-order valence-electron chi connectivity index (χ4n) is 0.998. The summed E-state index contributed by atoms with van der Waals surface area (Å²) in [5.41, 5.74) is 0. The molecule has 0 aromatic carbocycles. The minimum atomic E-state index is -1.09. The minimum Gasteiger partial charge on any atom is -0.383 e. The highest BCUT2D eigenvalue weighted by molar-refractivity contribution is 6.04. The van der Waals surface area contributed by atoms with E-state index in [9.17, 15) is 9.59 Å². The van der Waals surface area contributed by atoms with E-state index in [1.807, 2.05) is 0 Å². The fraction of sp³-hybridized carbons (Fsp3) is 0.667. The largest absolute Gasteiger partial charge is 0.383 e. The number of carbonyl (C=O) groups excluding carboxylic acids is 2. The molecule has 1 aliphatic heterocycles. The summed E-state index contributed by atoms with van der Waals surface area (Å²) in [7, 11) is 0. The maximum atomic E-state index is 10.8. The first kappa shape index (κ1) is 7.21. The summed E-state index contributed by atoms with van der Waals surface area (Å²) in [6.07, 6.45) is -1.14. The van der Waals surface area contributed by atoms with Gasteiger partial charge < -0.3 is 5.11 Å². The molecule has 56 valence electrons. The molecule has 4 nitrogen and oxygen atoms in total. The van der Waals surface area contributed by atoms with Crippen molar-refractivity contribution in [3.8, 4) is 0 Å². The molecule has 10 heavy (non-hydrogen) atoms. The first-order valence-corrected chi connectivity index (χ1v) is 3.19. The summed E-state index contributed by atoms with van der Waals surface area (Å²) < 4.78 is 0. The Morgan fingerprint density at radius 1 is 1.70 bits per heavy atom. The van der Waals surface area contributed by atoms with Gasteiger partial charge in [0, 0.05) is 6.54 Å². The molecule has 4 heteroatoms. The van der Waals surface area contributed by atoms with Crippen LogP contribution < -0.4 is 0 Å². The number of hydrogen-bond acceptors (Lipinski definition) is 3. The highest BCUT2D eigenvalue weighted by atomic mass is 16.3. The van der Waals surface area contributed by atoms with Crippen LogP contribution >= 0.6 is 0 Å². The number of aliphatic hydroxyl groups is 1. The van der Waals surface area contributed by atoms with Gasteiger partial charge in [-0.3, -0.25) is 14.5 Å². The molecule has 2 amide bonds. The molecule has 1 rings (SSSR count). The van der Waals surface area contributed by atoms with E-state index in [2.05, 4.69) is 0 Å². The Bertz CT molecular complexity index is 178. The topological polar surface area (TPSA) is 57.6 Å². The molecule has 0 saturated carbocycles. The maximum absolute atomic E-state index is 10.8. The van der Waals surface area contributed by atoms with Gasteiger partial charge in [0.15, 0.2) is 0 Å². The first-order chi connectivity index (χ1) is 4.66. The van der Waals surface area contributed by atoms with Crippen molar-refractivity contribution in [1.29, 1.82) is 0 Å². The van der Waals surface area contributed by atoms with Crippen molar-refractivity contribution in [3.63, 3.8) is 0 Å². The van der Waals surface area contributed by atoms with Crippen molar-refractivity contribution in [2.75, 3.05) is 6.54 Å². The van der Waals surface area contributed by atoms with Gasteiger partial charge in [-0.25, -0.2) is 0 Å². The van der Waals surface area contributed by atoms with Crippen molar-refractivity contribution >= 4 is 11.8 Å². The highest BCUT2D eigenvalue weighted by Crippen LogP contribution is 2.11. The van der Waals surface area contributed by atoms with E-state index in [0.29, 0.717) is 6.54 Å². The van der Waals surface area contributed by atoms with Gasteiger partial charge in [0.2, 0.25) is 5.91 Å². The normalized spacial score (nSPS) is 26.2. The lowest BCUT2D eigenvalue weighted by Crippen LogP contribution is -2.31. The Hall–Kier alpha value is -0.900. The molecule has 0 radical (unpaired) electrons. The lowest BCUT2D eigenvalue weighted by atomic mass is 10.3. The Balaban J connectivity index is 2.74. The van der Waals surface area contributed by atoms with Crippen LogP contribution in [0, 0.1) is 0 Å². The average Bonchev–Trinajstić information content (AvgIpc) is 2.09. The monoisotopic (exact) mass is 143 g/mol. The molecular formula is C6H9NO3. The summed E-state index contributed by atoms with van der Waals surface area (Å²) in [5.74, 6) is -0.743. The molecule has 0 aromatic heterocycles. The van der Waals surface area contributed by atoms with Gasteiger partial charge >= 0.3 is 0 Å². The number of amides is 2. The van der Waals surface area contributed by atoms with Gasteiger partial charge in [-0.15, -0.1) is 0 Å². The second-order valence-electron chi connectivity index (χ2n) is 2.20. The fourth-order valence-corrected chi connectivity index (χ4v) is 0.998. The second kappa shape index (κ2) is 2.38. The van der Waals surface area contributed by atoms with Crippen molar-refractivity contribution in [2.45, 2.75) is 19.4 Å². The van der Waals surface area contributed by atoms with Gasteiger partial charge in [-0.2, -0.15) is 0 Å². The Kier molecular flexibility index (Phi) is 1.72. The van der Waals surface area contributed by atoms with Gasteiger partial charge in [-0.05, 0) is 6.92 Å². The lowest BCUT2D eigenvalue weighted by Gasteiger charge is -2.08. The molecule has 0 bridgehead atoms. The van der Waals surface area contributed by atoms with Gasteiger partial charge in [-0.1, -0.05) is 0 Å². The standard InChI is InChI=1S/C6H9NO3/c1-2-7-5(9)3-4(8)6(7)10/h4,8H,2-3H2,1H3. The molecule has 1 fully saturated rings. The summed E-state index contributed by atoms with van der Waals surface area (Å²) in [5, 5.41) is 8.86. The van der Waals surface area contributed by atoms with Crippen LogP contribution in [0.3, 0.4) is 0 Å². The predicted octanol–water partition coefficient (Wildman–Crippen LogP) is -0.874. The zero-order valence-electron chi connectivity index (χ0n) is 5.70. The van der Waals surface area contributed by atoms with E-state index < -0.39 is 12.0 Å². The number of carbonyl (C=O) groups is 2. The van der Waals surface area contributed by atoms with Crippen LogP contribution in [0.1, 0.15) is 13.3 Å². The summed E-state index contributed by atoms with van der Waals surface area (Å²) >= 11 is 0. The van der Waals surface area contributed by atoms with Crippen molar-refractivity contribution < 1.29 is 14.7 Å². The van der Waals surface area contributed by atoms with Crippen LogP contribution in [-0.2, 0) is 9.59 Å². The zero-order chi connectivity index (χ0) is 7.72. The van der Waals surface area contributed by atoms with E-state index in [0.717, 1.165) is 4.90 Å². The summed E-state index contributed by atoms with van der Waals surface area (Å²) in [6, 6.07) is 0. The molecule has 1 N–H and O–H groups in total. The van der Waals surface area contributed by atoms with E-state index in [1.165, 1.54) is 0 Å². The van der Waals surface area contributed by atoms with Crippen LogP contribution in [0.5, 0.6) is 0 Å². The number of likely N-dealkylation sites (tertiary alicyclic amines) is 1. The SMILES string of the molecule is CCN1C(=O)CC(O)C1=O. The minimum absolute atomic E-state index is 0.0489. The van der Waals surface area contributed by atoms with Crippen molar-refractivity contribution in [2.24, 2.45) is 0 Å².